The number of likely N-dealkylation sites (N-methyl/N-ethyl adjacent to an activating group) is 1. The zero-order valence-corrected chi connectivity index (χ0v) is 18.5. The number of benzene rings is 1. The predicted octanol–water partition coefficient (Wildman–Crippen LogP) is 2.66. The van der Waals surface area contributed by atoms with E-state index in [9.17, 15) is 4.79 Å². The Hall–Kier alpha value is -3.53. The topological polar surface area (TPSA) is 88.4 Å². The molecule has 4 heterocycles. The molecule has 0 radical (unpaired) electrons. The van der Waals surface area contributed by atoms with E-state index in [1.807, 2.05) is 22.6 Å². The van der Waals surface area contributed by atoms with Gasteiger partial charge in [0.25, 0.3) is 5.91 Å². The van der Waals surface area contributed by atoms with Crippen molar-refractivity contribution >= 4 is 17.4 Å². The van der Waals surface area contributed by atoms with Gasteiger partial charge < -0.3 is 24.4 Å². The molecule has 1 N–H and O–H groups in total. The first-order valence-corrected chi connectivity index (χ1v) is 11.1. The average Bonchev–Trinajstić information content (AvgIpc) is 3.28. The predicted molar refractivity (Wildman–Crippen MR) is 122 cm³/mol. The van der Waals surface area contributed by atoms with Gasteiger partial charge in [0, 0.05) is 38.8 Å². The fourth-order valence-corrected chi connectivity index (χ4v) is 4.13. The maximum Gasteiger partial charge on any atom is 0.260 e. The smallest absolute Gasteiger partial charge is 0.260 e. The van der Waals surface area contributed by atoms with E-state index in [1.165, 1.54) is 6.07 Å². The van der Waals surface area contributed by atoms with Gasteiger partial charge in [-0.15, -0.1) is 10.2 Å². The van der Waals surface area contributed by atoms with Gasteiger partial charge >= 0.3 is 0 Å². The number of halogens is 1. The van der Waals surface area contributed by atoms with Gasteiger partial charge in [0.15, 0.2) is 5.82 Å². The first-order chi connectivity index (χ1) is 16.1. The summed E-state index contributed by atoms with van der Waals surface area (Å²) in [6.07, 6.45) is 3.21. The van der Waals surface area contributed by atoms with Crippen molar-refractivity contribution in [3.8, 4) is 17.3 Å². The quantitative estimate of drug-likeness (QED) is 0.609. The van der Waals surface area contributed by atoms with Crippen molar-refractivity contribution in [2.24, 2.45) is 0 Å². The molecule has 0 atom stereocenters. The molecule has 2 aliphatic rings. The zero-order valence-electron chi connectivity index (χ0n) is 18.5. The van der Waals surface area contributed by atoms with Crippen LogP contribution in [0.1, 0.15) is 23.2 Å². The molecule has 0 spiro atoms. The maximum atomic E-state index is 15.1. The number of carbonyl (C=O) groups is 1. The molecule has 0 saturated carbocycles. The average molecular weight is 452 g/mol. The van der Waals surface area contributed by atoms with Crippen LogP contribution in [-0.4, -0.2) is 70.4 Å². The Morgan fingerprint density at radius 3 is 2.79 bits per heavy atom. The largest absolute Gasteiger partial charge is 0.493 e. The number of hydrogen-bond donors (Lipinski definition) is 1. The molecule has 0 unspecified atom stereocenters. The van der Waals surface area contributed by atoms with Crippen LogP contribution >= 0.6 is 0 Å². The fourth-order valence-electron chi connectivity index (χ4n) is 4.13. The SMILES string of the molecule is CN1CCN(c2cc3c(cc2F)OCCCCn2cnnc2-c2cccc(n2)NC3=O)CC1. The van der Waals surface area contributed by atoms with Crippen molar-refractivity contribution in [1.82, 2.24) is 24.6 Å². The number of aryl methyl sites for hydroxylation is 1. The molecule has 1 amide bonds. The van der Waals surface area contributed by atoms with Gasteiger partial charge in [-0.05, 0) is 38.1 Å². The molecular formula is C23H26FN7O2. The lowest BCUT2D eigenvalue weighted by molar-refractivity contribution is 0.102. The van der Waals surface area contributed by atoms with Gasteiger partial charge in [-0.25, -0.2) is 9.37 Å². The zero-order chi connectivity index (χ0) is 22.8. The molecule has 1 saturated heterocycles. The molecule has 2 aromatic heterocycles. The highest BCUT2D eigenvalue weighted by atomic mass is 19.1. The molecule has 10 heteroatoms. The second kappa shape index (κ2) is 9.14. The fraction of sp³-hybridized carbons (Fsp3) is 0.391. The van der Waals surface area contributed by atoms with Crippen molar-refractivity contribution < 1.29 is 13.9 Å². The number of rotatable bonds is 1. The lowest BCUT2D eigenvalue weighted by atomic mass is 10.1. The lowest BCUT2D eigenvalue weighted by Gasteiger charge is -2.34. The Kier molecular flexibility index (Phi) is 5.91. The normalized spacial score (nSPS) is 17.4. The van der Waals surface area contributed by atoms with Gasteiger partial charge in [-0.3, -0.25) is 4.79 Å². The first kappa shape index (κ1) is 21.3. The number of nitrogens with one attached hydrogen (secondary N) is 1. The molecule has 2 bridgehead atoms. The molecule has 1 aromatic carbocycles. The van der Waals surface area contributed by atoms with Crippen LogP contribution in [0, 0.1) is 5.82 Å². The number of carbonyl (C=O) groups excluding carboxylic acids is 1. The van der Waals surface area contributed by atoms with E-state index in [0.717, 1.165) is 25.9 Å². The summed E-state index contributed by atoms with van der Waals surface area (Å²) in [4.78, 5) is 22.0. The van der Waals surface area contributed by atoms with Crippen molar-refractivity contribution in [2.75, 3.05) is 50.1 Å². The third-order valence-corrected chi connectivity index (χ3v) is 6.02. The molecular weight excluding hydrogens is 425 g/mol. The number of nitrogens with zero attached hydrogens (tertiary/aromatic N) is 6. The molecule has 1 fully saturated rings. The molecule has 0 aliphatic carbocycles. The third-order valence-electron chi connectivity index (χ3n) is 6.02. The Bertz CT molecular complexity index is 1160. The third kappa shape index (κ3) is 4.51. The summed E-state index contributed by atoms with van der Waals surface area (Å²) >= 11 is 0. The van der Waals surface area contributed by atoms with Crippen LogP contribution in [0.4, 0.5) is 15.9 Å². The highest BCUT2D eigenvalue weighted by molar-refractivity contribution is 6.06. The molecule has 2 aliphatic heterocycles. The minimum Gasteiger partial charge on any atom is -0.493 e. The van der Waals surface area contributed by atoms with Crippen LogP contribution in [0.5, 0.6) is 5.75 Å². The number of ether oxygens (including phenoxy) is 1. The number of anilines is 2. The van der Waals surface area contributed by atoms with Crippen molar-refractivity contribution in [3.05, 3.63) is 48.0 Å². The number of amides is 1. The molecule has 172 valence electrons. The number of hydrogen-bond acceptors (Lipinski definition) is 7. The highest BCUT2D eigenvalue weighted by Gasteiger charge is 2.23. The minimum absolute atomic E-state index is 0.237. The van der Waals surface area contributed by atoms with Crippen LogP contribution in [0.3, 0.4) is 0 Å². The van der Waals surface area contributed by atoms with Gasteiger partial charge in [0.1, 0.15) is 29.4 Å². The summed E-state index contributed by atoms with van der Waals surface area (Å²) in [5.41, 5.74) is 1.32. The Morgan fingerprint density at radius 1 is 1.09 bits per heavy atom. The Labute approximate surface area is 191 Å². The highest BCUT2D eigenvalue weighted by Crippen LogP contribution is 2.31. The van der Waals surface area contributed by atoms with E-state index in [4.69, 9.17) is 4.74 Å². The van der Waals surface area contributed by atoms with E-state index in [2.05, 4.69) is 25.4 Å². The molecule has 5 rings (SSSR count). The van der Waals surface area contributed by atoms with Crippen LogP contribution in [-0.2, 0) is 6.54 Å². The Balaban J connectivity index is 1.50. The van der Waals surface area contributed by atoms with Gasteiger partial charge in [-0.2, -0.15) is 0 Å². The van der Waals surface area contributed by atoms with Crippen molar-refractivity contribution in [2.45, 2.75) is 19.4 Å². The van der Waals surface area contributed by atoms with Crippen LogP contribution in [0.25, 0.3) is 11.5 Å². The van der Waals surface area contributed by atoms with Crippen LogP contribution in [0.2, 0.25) is 0 Å². The molecule has 33 heavy (non-hydrogen) atoms. The van der Waals surface area contributed by atoms with Gasteiger partial charge in [0.2, 0.25) is 0 Å². The summed E-state index contributed by atoms with van der Waals surface area (Å²) in [7, 11) is 2.04. The van der Waals surface area contributed by atoms with Crippen LogP contribution in [0.15, 0.2) is 36.7 Å². The summed E-state index contributed by atoms with van der Waals surface area (Å²) < 4.78 is 22.9. The van der Waals surface area contributed by atoms with E-state index < -0.39 is 5.91 Å². The monoisotopic (exact) mass is 451 g/mol. The van der Waals surface area contributed by atoms with Crippen molar-refractivity contribution in [1.29, 1.82) is 0 Å². The molecule has 3 aromatic rings. The van der Waals surface area contributed by atoms with Gasteiger partial charge in [-0.1, -0.05) is 6.07 Å². The minimum atomic E-state index is -0.399. The van der Waals surface area contributed by atoms with E-state index in [-0.39, 0.29) is 17.1 Å². The summed E-state index contributed by atoms with van der Waals surface area (Å²) in [5, 5.41) is 11.0. The number of piperazine rings is 1. The summed E-state index contributed by atoms with van der Waals surface area (Å²) in [5.74, 6) is 0.468. The first-order valence-electron chi connectivity index (χ1n) is 11.1. The number of pyridine rings is 1. The summed E-state index contributed by atoms with van der Waals surface area (Å²) in [6.45, 7) is 4.13. The Morgan fingerprint density at radius 2 is 1.94 bits per heavy atom. The second-order valence-electron chi connectivity index (χ2n) is 8.36. The van der Waals surface area contributed by atoms with E-state index in [1.54, 1.807) is 24.5 Å². The summed E-state index contributed by atoms with van der Waals surface area (Å²) in [6, 6.07) is 8.27. The van der Waals surface area contributed by atoms with Crippen molar-refractivity contribution in [3.63, 3.8) is 0 Å². The number of fused-ring (bicyclic) bond motifs is 5. The van der Waals surface area contributed by atoms with E-state index in [0.29, 0.717) is 49.3 Å². The maximum absolute atomic E-state index is 15.1. The molecule has 9 nitrogen and oxygen atoms in total. The lowest BCUT2D eigenvalue weighted by Crippen LogP contribution is -2.44. The van der Waals surface area contributed by atoms with Crippen LogP contribution < -0.4 is 15.0 Å². The van der Waals surface area contributed by atoms with Gasteiger partial charge in [0.05, 0.1) is 17.9 Å². The van der Waals surface area contributed by atoms with E-state index >= 15 is 4.39 Å². The number of aromatic nitrogens is 4. The second-order valence-corrected chi connectivity index (χ2v) is 8.36. The standard InChI is InChI=1S/C23H26FN7O2/c1-29-8-10-30(11-9-29)19-13-16-20(14-17(19)24)33-12-3-2-7-31-15-25-28-22(31)18-5-4-6-21(26-18)27-23(16)32/h4-6,13-15H,2-3,7-12H2,1H3,(H,26,27,32).